The molecule has 0 bridgehead atoms. The van der Waals surface area contributed by atoms with Gasteiger partial charge in [-0.3, -0.25) is 14.4 Å². The van der Waals surface area contributed by atoms with Gasteiger partial charge >= 0.3 is 24.1 Å². The molecular formula is C31H47NO9. The maximum absolute atomic E-state index is 12.7. The lowest BCUT2D eigenvalue weighted by Gasteiger charge is -2.22. The molecule has 1 fully saturated rings. The monoisotopic (exact) mass is 577 g/mol. The van der Waals surface area contributed by atoms with E-state index in [1.807, 2.05) is 13.8 Å². The van der Waals surface area contributed by atoms with Gasteiger partial charge in [-0.15, -0.1) is 0 Å². The predicted molar refractivity (Wildman–Crippen MR) is 152 cm³/mol. The van der Waals surface area contributed by atoms with E-state index in [2.05, 4.69) is 0 Å². The number of nitrogens with two attached hydrogens (primary N) is 1. The fraction of sp³-hybridized carbons (Fsp3) is 0.677. The minimum Gasteiger partial charge on any atom is -0.458 e. The van der Waals surface area contributed by atoms with E-state index in [4.69, 9.17) is 29.4 Å². The molecule has 41 heavy (non-hydrogen) atoms. The maximum atomic E-state index is 12.7. The molecule has 2 rings (SSSR count). The van der Waals surface area contributed by atoms with Crippen molar-refractivity contribution in [2.45, 2.75) is 117 Å². The number of ether oxygens (including phenoxy) is 5. The molecule has 0 aliphatic heterocycles. The van der Waals surface area contributed by atoms with E-state index in [9.17, 15) is 19.2 Å². The number of carbonyl (C=O) groups is 4. The van der Waals surface area contributed by atoms with Crippen LogP contribution in [0.25, 0.3) is 0 Å². The van der Waals surface area contributed by atoms with Crippen molar-refractivity contribution < 1.29 is 42.9 Å². The summed E-state index contributed by atoms with van der Waals surface area (Å²) in [6, 6.07) is 3.70. The summed E-state index contributed by atoms with van der Waals surface area (Å²) in [6.45, 7) is 8.95. The van der Waals surface area contributed by atoms with Crippen LogP contribution in [0.2, 0.25) is 0 Å². The molecule has 4 atom stereocenters. The Morgan fingerprint density at radius 2 is 1.44 bits per heavy atom. The second-order valence-corrected chi connectivity index (χ2v) is 11.0. The highest BCUT2D eigenvalue weighted by molar-refractivity contribution is 5.79. The smallest absolute Gasteiger partial charge is 0.458 e. The average Bonchev–Trinajstić information content (AvgIpc) is 2.94. The molecule has 10 nitrogen and oxygen atoms in total. The van der Waals surface area contributed by atoms with Crippen LogP contribution < -0.4 is 15.2 Å². The zero-order valence-corrected chi connectivity index (χ0v) is 25.1. The highest BCUT2D eigenvalue weighted by Gasteiger charge is 2.24. The molecule has 10 heteroatoms. The van der Waals surface area contributed by atoms with Crippen LogP contribution in [0.3, 0.4) is 0 Å². The van der Waals surface area contributed by atoms with Crippen molar-refractivity contribution in [1.82, 2.24) is 0 Å². The Hall–Kier alpha value is -3.14. The third-order valence-electron chi connectivity index (χ3n) is 7.00. The maximum Gasteiger partial charge on any atom is 0.508 e. The van der Waals surface area contributed by atoms with Crippen molar-refractivity contribution in [3.05, 3.63) is 23.8 Å². The van der Waals surface area contributed by atoms with Crippen molar-refractivity contribution >= 4 is 24.1 Å². The van der Waals surface area contributed by atoms with Gasteiger partial charge < -0.3 is 29.4 Å². The number of rotatable bonds is 15. The average molecular weight is 578 g/mol. The number of carbonyl (C=O) groups excluding carboxylic acids is 4. The van der Waals surface area contributed by atoms with Crippen molar-refractivity contribution in [2.75, 3.05) is 6.61 Å². The van der Waals surface area contributed by atoms with E-state index < -0.39 is 36.2 Å². The molecule has 1 aromatic rings. The molecule has 0 heterocycles. The van der Waals surface area contributed by atoms with Gasteiger partial charge in [0.15, 0.2) is 11.5 Å². The number of hydrogen-bond donors (Lipinski definition) is 1. The van der Waals surface area contributed by atoms with Crippen LogP contribution in [0.4, 0.5) is 4.79 Å². The van der Waals surface area contributed by atoms with Crippen LogP contribution in [0.5, 0.6) is 11.5 Å². The summed E-state index contributed by atoms with van der Waals surface area (Å²) < 4.78 is 26.9. The summed E-state index contributed by atoms with van der Waals surface area (Å²) >= 11 is 0. The van der Waals surface area contributed by atoms with Crippen LogP contribution >= 0.6 is 0 Å². The Morgan fingerprint density at radius 1 is 0.854 bits per heavy atom. The first-order chi connectivity index (χ1) is 19.5. The summed E-state index contributed by atoms with van der Waals surface area (Å²) in [7, 11) is 0. The largest absolute Gasteiger partial charge is 0.508 e. The molecule has 1 aromatic carbocycles. The van der Waals surface area contributed by atoms with Gasteiger partial charge in [0, 0.05) is 0 Å². The van der Waals surface area contributed by atoms with Gasteiger partial charge in [0.05, 0.1) is 11.8 Å². The highest BCUT2D eigenvalue weighted by atomic mass is 16.7. The lowest BCUT2D eigenvalue weighted by molar-refractivity contribution is -0.152. The van der Waals surface area contributed by atoms with E-state index in [-0.39, 0.29) is 42.5 Å². The van der Waals surface area contributed by atoms with E-state index in [1.165, 1.54) is 6.07 Å². The highest BCUT2D eigenvalue weighted by Crippen LogP contribution is 2.31. The van der Waals surface area contributed by atoms with Gasteiger partial charge in [-0.2, -0.15) is 0 Å². The molecule has 2 N–H and O–H groups in total. The predicted octanol–water partition coefficient (Wildman–Crippen LogP) is 5.66. The van der Waals surface area contributed by atoms with Crippen molar-refractivity contribution in [2.24, 2.45) is 17.6 Å². The Bertz CT molecular complexity index is 1010. The molecule has 0 spiro atoms. The first-order valence-electron chi connectivity index (χ1n) is 14.9. The van der Waals surface area contributed by atoms with Crippen LogP contribution in [-0.2, 0) is 35.0 Å². The number of hydrogen-bond acceptors (Lipinski definition) is 10. The fourth-order valence-corrected chi connectivity index (χ4v) is 4.56. The third kappa shape index (κ3) is 12.1. The van der Waals surface area contributed by atoms with E-state index in [0.717, 1.165) is 44.9 Å². The van der Waals surface area contributed by atoms with Gasteiger partial charge in [0.25, 0.3) is 0 Å². The van der Waals surface area contributed by atoms with Crippen LogP contribution in [0, 0.1) is 11.8 Å². The van der Waals surface area contributed by atoms with Gasteiger partial charge in [-0.05, 0) is 69.6 Å². The lowest BCUT2D eigenvalue weighted by Crippen LogP contribution is -2.37. The fourth-order valence-electron chi connectivity index (χ4n) is 4.56. The molecular weight excluding hydrogens is 530 g/mol. The third-order valence-corrected chi connectivity index (χ3v) is 7.00. The molecule has 0 aromatic heterocycles. The normalized spacial score (nSPS) is 16.5. The number of esters is 3. The summed E-state index contributed by atoms with van der Waals surface area (Å²) in [4.78, 5) is 49.8. The minimum absolute atomic E-state index is 0.0751. The molecule has 230 valence electrons. The van der Waals surface area contributed by atoms with Gasteiger partial charge in [-0.1, -0.05) is 53.0 Å². The van der Waals surface area contributed by atoms with Gasteiger partial charge in [0.2, 0.25) is 0 Å². The second-order valence-electron chi connectivity index (χ2n) is 11.0. The van der Waals surface area contributed by atoms with Crippen LogP contribution in [0.15, 0.2) is 18.2 Å². The van der Waals surface area contributed by atoms with Crippen LogP contribution in [-0.4, -0.2) is 48.9 Å². The molecule has 1 saturated carbocycles. The van der Waals surface area contributed by atoms with Gasteiger partial charge in [-0.25, -0.2) is 4.79 Å². The standard InChI is InChI=1S/C31H47NO9/c1-6-11-20(3)28(33)40-26-16-15-23(18-27(26)41-29(34)21(4)12-7-2)17-25(32)30(35)38-22(5)19-37-31(36)39-24-13-9-8-10-14-24/h15-16,18,20-22,24-25H,6-14,17,19,32H2,1-5H3/t20?,21?,22-,25-/m0/s1. The zero-order valence-electron chi connectivity index (χ0n) is 25.1. The molecule has 1 aliphatic carbocycles. The van der Waals surface area contributed by atoms with E-state index >= 15 is 0 Å². The molecule has 0 saturated heterocycles. The summed E-state index contributed by atoms with van der Waals surface area (Å²) in [6.07, 6.45) is 6.26. The van der Waals surface area contributed by atoms with E-state index in [1.54, 1.807) is 32.9 Å². The molecule has 2 unspecified atom stereocenters. The summed E-state index contributed by atoms with van der Waals surface area (Å²) in [5.74, 6) is -1.98. The SMILES string of the molecule is CCCC(C)C(=O)Oc1ccc(C[C@H](N)C(=O)O[C@@H](C)COC(=O)OC2CCCCC2)cc1OC(=O)C(C)CCC. The van der Waals surface area contributed by atoms with Gasteiger partial charge in [0.1, 0.15) is 24.9 Å². The molecule has 0 amide bonds. The lowest BCUT2D eigenvalue weighted by atomic mass is 9.98. The molecule has 1 aliphatic rings. The number of benzene rings is 1. The Morgan fingerprint density at radius 3 is 2.02 bits per heavy atom. The van der Waals surface area contributed by atoms with Crippen molar-refractivity contribution in [3.63, 3.8) is 0 Å². The zero-order chi connectivity index (χ0) is 30.4. The summed E-state index contributed by atoms with van der Waals surface area (Å²) in [5, 5.41) is 0. The minimum atomic E-state index is -1.04. The Balaban J connectivity index is 1.99. The van der Waals surface area contributed by atoms with E-state index in [0.29, 0.717) is 18.4 Å². The molecule has 0 radical (unpaired) electrons. The quantitative estimate of drug-likeness (QED) is 0.205. The van der Waals surface area contributed by atoms with Crippen molar-refractivity contribution in [1.29, 1.82) is 0 Å². The van der Waals surface area contributed by atoms with Crippen LogP contribution in [0.1, 0.15) is 98.0 Å². The van der Waals surface area contributed by atoms with Crippen molar-refractivity contribution in [3.8, 4) is 11.5 Å². The first kappa shape index (κ1) is 34.1. The Labute approximate surface area is 243 Å². The summed E-state index contributed by atoms with van der Waals surface area (Å²) in [5.41, 5.74) is 6.69. The first-order valence-corrected chi connectivity index (χ1v) is 14.9. The Kier molecular flexibility index (Phi) is 14.6. The topological polar surface area (TPSA) is 140 Å². The second kappa shape index (κ2) is 17.6.